The fraction of sp³-hybridized carbons (Fsp3) is 0.240. The topological polar surface area (TPSA) is 108 Å². The molecule has 0 unspecified atom stereocenters. The number of aliphatic carboxylic acids is 1. The van der Waals surface area contributed by atoms with Gasteiger partial charge in [0.25, 0.3) is 0 Å². The molecule has 32 heavy (non-hydrogen) atoms. The zero-order valence-corrected chi connectivity index (χ0v) is 17.6. The number of rotatable bonds is 5. The summed E-state index contributed by atoms with van der Waals surface area (Å²) in [6, 6.07) is 15.4. The molecule has 7 nitrogen and oxygen atoms in total. The van der Waals surface area contributed by atoms with Gasteiger partial charge in [-0.05, 0) is 53.5 Å². The number of carbonyl (C=O) groups is 2. The molecule has 2 aliphatic rings. The third-order valence-corrected chi connectivity index (χ3v) is 6.46. The molecular weight excluding hydrogens is 406 g/mol. The Hall–Kier alpha value is -3.71. The highest BCUT2D eigenvalue weighted by atomic mass is 16.4. The number of carboxylic acid groups (broad SMARTS) is 1. The molecule has 4 N–H and O–H groups in total. The smallest absolute Gasteiger partial charge is 0.352 e. The number of anilines is 1. The van der Waals surface area contributed by atoms with Gasteiger partial charge in [-0.2, -0.15) is 4.57 Å². The Morgan fingerprint density at radius 2 is 2.03 bits per heavy atom. The first kappa shape index (κ1) is 20.2. The molecule has 162 valence electrons. The summed E-state index contributed by atoms with van der Waals surface area (Å²) in [5.41, 5.74) is 9.06. The molecule has 7 heteroatoms. The summed E-state index contributed by atoms with van der Waals surface area (Å²) >= 11 is 0. The number of amides is 1. The number of carboxylic acids is 1. The molecule has 0 spiro atoms. The van der Waals surface area contributed by atoms with Gasteiger partial charge in [0.15, 0.2) is 18.9 Å². The molecule has 2 aliphatic heterocycles. The lowest BCUT2D eigenvalue weighted by molar-refractivity contribution is -0.687. The second kappa shape index (κ2) is 7.46. The largest absolute Gasteiger partial charge is 0.477 e. The lowest BCUT2D eigenvalue weighted by Crippen LogP contribution is -2.61. The van der Waals surface area contributed by atoms with E-state index >= 15 is 0 Å². The normalized spacial score (nSPS) is 20.9. The number of aromatic nitrogens is 1. The van der Waals surface area contributed by atoms with Gasteiger partial charge in [-0.25, -0.2) is 4.79 Å². The first-order valence-electron chi connectivity index (χ1n) is 10.6. The lowest BCUT2D eigenvalue weighted by Gasteiger charge is -2.44. The first-order chi connectivity index (χ1) is 15.3. The zero-order chi connectivity index (χ0) is 22.6. The van der Waals surface area contributed by atoms with E-state index in [1.165, 1.54) is 4.90 Å². The van der Waals surface area contributed by atoms with Crippen LogP contribution < -0.4 is 10.3 Å². The molecule has 5 rings (SSSR count). The molecule has 0 saturated carbocycles. The predicted octanol–water partition coefficient (Wildman–Crippen LogP) is 2.16. The number of aliphatic hydroxyl groups excluding tert-OH is 1. The highest BCUT2D eigenvalue weighted by molar-refractivity contribution is 6.06. The van der Waals surface area contributed by atoms with Gasteiger partial charge in [-0.1, -0.05) is 24.3 Å². The number of hydrogen-bond donors (Lipinski definition) is 3. The SMILES string of the molecule is C[C@@H](O)[C@H]1C(=O)N2C(C(=O)O)=C(c3cc(C[n+]4cccc(N)c4)c4ccccc4c3)C[C@H]12. The number of pyridine rings is 1. The van der Waals surface area contributed by atoms with Crippen LogP contribution >= 0.6 is 0 Å². The van der Waals surface area contributed by atoms with Crippen LogP contribution in [0.3, 0.4) is 0 Å². The number of nitrogen functional groups attached to an aromatic ring is 1. The molecule has 2 aromatic carbocycles. The molecule has 1 saturated heterocycles. The van der Waals surface area contributed by atoms with Crippen molar-refractivity contribution in [3.8, 4) is 0 Å². The van der Waals surface area contributed by atoms with E-state index < -0.39 is 18.0 Å². The third kappa shape index (κ3) is 3.13. The van der Waals surface area contributed by atoms with Crippen molar-refractivity contribution < 1.29 is 24.4 Å². The van der Waals surface area contributed by atoms with Gasteiger partial charge in [0, 0.05) is 11.6 Å². The minimum Gasteiger partial charge on any atom is -0.477 e. The van der Waals surface area contributed by atoms with Gasteiger partial charge in [-0.3, -0.25) is 4.79 Å². The van der Waals surface area contributed by atoms with Crippen molar-refractivity contribution in [2.75, 3.05) is 5.73 Å². The highest BCUT2D eigenvalue weighted by Crippen LogP contribution is 2.47. The Morgan fingerprint density at radius 1 is 1.25 bits per heavy atom. The Morgan fingerprint density at radius 3 is 2.75 bits per heavy atom. The van der Waals surface area contributed by atoms with E-state index in [1.54, 1.807) is 6.92 Å². The fourth-order valence-electron chi connectivity index (χ4n) is 5.06. The molecule has 3 heterocycles. The number of nitrogens with zero attached hydrogens (tertiary/aromatic N) is 2. The summed E-state index contributed by atoms with van der Waals surface area (Å²) in [6.45, 7) is 2.15. The highest BCUT2D eigenvalue weighted by Gasteiger charge is 2.56. The molecule has 1 amide bonds. The predicted molar refractivity (Wildman–Crippen MR) is 119 cm³/mol. The van der Waals surface area contributed by atoms with Gasteiger partial charge in [0.05, 0.1) is 23.8 Å². The van der Waals surface area contributed by atoms with Crippen molar-refractivity contribution in [2.24, 2.45) is 5.92 Å². The molecule has 1 aromatic heterocycles. The quantitative estimate of drug-likeness (QED) is 0.425. The van der Waals surface area contributed by atoms with Crippen molar-refractivity contribution in [3.63, 3.8) is 0 Å². The standard InChI is InChI=1S/C25H23N3O4/c1-14(29)22-21-11-20(23(25(31)32)28(21)24(22)30)16-9-15-5-2-3-7-19(15)17(10-16)12-27-8-4-6-18(26)13-27/h2-10,13-14,21-22,29H,11-12,26H2,1H3/p+1/t14-,21-,22-/m1/s1. The van der Waals surface area contributed by atoms with Crippen molar-refractivity contribution in [1.82, 2.24) is 4.90 Å². The fourth-order valence-corrected chi connectivity index (χ4v) is 5.06. The number of β-lactam (4-membered cyclic amide) rings is 1. The maximum absolute atomic E-state index is 12.6. The van der Waals surface area contributed by atoms with Gasteiger partial charge in [0.2, 0.25) is 5.91 Å². The lowest BCUT2D eigenvalue weighted by atomic mass is 9.82. The minimum absolute atomic E-state index is 0.0229. The molecule has 0 radical (unpaired) electrons. The van der Waals surface area contributed by atoms with Crippen LogP contribution in [0.5, 0.6) is 0 Å². The Bertz CT molecular complexity index is 1300. The van der Waals surface area contributed by atoms with E-state index in [2.05, 4.69) is 0 Å². The van der Waals surface area contributed by atoms with E-state index in [-0.39, 0.29) is 17.6 Å². The van der Waals surface area contributed by atoms with Crippen LogP contribution in [-0.2, 0) is 16.1 Å². The first-order valence-corrected chi connectivity index (χ1v) is 10.6. The van der Waals surface area contributed by atoms with E-state index in [4.69, 9.17) is 5.73 Å². The maximum atomic E-state index is 12.6. The molecule has 1 fully saturated rings. The summed E-state index contributed by atoms with van der Waals surface area (Å²) in [7, 11) is 0. The van der Waals surface area contributed by atoms with Crippen molar-refractivity contribution in [1.29, 1.82) is 0 Å². The second-order valence-electron chi connectivity index (χ2n) is 8.54. The molecular formula is C25H24N3O4+. The molecule has 3 aromatic rings. The Kier molecular flexibility index (Phi) is 4.71. The summed E-state index contributed by atoms with van der Waals surface area (Å²) in [4.78, 5) is 26.1. The van der Waals surface area contributed by atoms with Crippen LogP contribution in [0.2, 0.25) is 0 Å². The van der Waals surface area contributed by atoms with E-state index in [9.17, 15) is 19.8 Å². The third-order valence-electron chi connectivity index (χ3n) is 6.46. The van der Waals surface area contributed by atoms with Crippen LogP contribution in [0.25, 0.3) is 16.3 Å². The summed E-state index contributed by atoms with van der Waals surface area (Å²) in [6.07, 6.45) is 3.39. The number of carbonyl (C=O) groups excluding carboxylic acids is 1. The Balaban J connectivity index is 1.63. The van der Waals surface area contributed by atoms with Crippen molar-refractivity contribution in [2.45, 2.75) is 32.0 Å². The molecule has 3 atom stereocenters. The van der Waals surface area contributed by atoms with Gasteiger partial charge in [0.1, 0.15) is 5.70 Å². The number of benzene rings is 2. The van der Waals surface area contributed by atoms with E-state index in [1.807, 2.05) is 65.5 Å². The summed E-state index contributed by atoms with van der Waals surface area (Å²) in [5, 5.41) is 22.0. The Labute approximate surface area is 185 Å². The van der Waals surface area contributed by atoms with Crippen LogP contribution in [0.15, 0.2) is 66.6 Å². The molecule has 0 bridgehead atoms. The number of aliphatic hydroxyl groups is 1. The van der Waals surface area contributed by atoms with Crippen LogP contribution in [-0.4, -0.2) is 39.1 Å². The van der Waals surface area contributed by atoms with Gasteiger partial charge in [-0.15, -0.1) is 0 Å². The average molecular weight is 430 g/mol. The maximum Gasteiger partial charge on any atom is 0.352 e. The van der Waals surface area contributed by atoms with E-state index in [0.29, 0.717) is 24.2 Å². The van der Waals surface area contributed by atoms with Crippen LogP contribution in [0.1, 0.15) is 24.5 Å². The summed E-state index contributed by atoms with van der Waals surface area (Å²) in [5.74, 6) is -2.02. The number of hydrogen-bond acceptors (Lipinski definition) is 4. The minimum atomic E-state index is -1.13. The second-order valence-corrected chi connectivity index (χ2v) is 8.54. The van der Waals surface area contributed by atoms with E-state index in [0.717, 1.165) is 21.9 Å². The number of fused-ring (bicyclic) bond motifs is 2. The van der Waals surface area contributed by atoms with Crippen LogP contribution in [0, 0.1) is 5.92 Å². The average Bonchev–Trinajstić information content (AvgIpc) is 3.09. The monoisotopic (exact) mass is 430 g/mol. The van der Waals surface area contributed by atoms with Crippen molar-refractivity contribution >= 4 is 33.9 Å². The van der Waals surface area contributed by atoms with Gasteiger partial charge >= 0.3 is 5.97 Å². The van der Waals surface area contributed by atoms with Crippen molar-refractivity contribution in [3.05, 3.63) is 77.7 Å². The van der Waals surface area contributed by atoms with Gasteiger partial charge < -0.3 is 20.8 Å². The summed E-state index contributed by atoms with van der Waals surface area (Å²) < 4.78 is 1.99. The number of nitrogens with two attached hydrogens (primary N) is 1. The molecule has 0 aliphatic carbocycles. The zero-order valence-electron chi connectivity index (χ0n) is 17.6. The van der Waals surface area contributed by atoms with Crippen LogP contribution in [0.4, 0.5) is 5.69 Å².